The zero-order chi connectivity index (χ0) is 11.5. The molecule has 0 aliphatic carbocycles. The molecule has 1 N–H and O–H groups in total. The summed E-state index contributed by atoms with van der Waals surface area (Å²) >= 11 is 15.2. The highest BCUT2D eigenvalue weighted by Crippen LogP contribution is 2.18. The predicted octanol–water partition coefficient (Wildman–Crippen LogP) is 3.32. The molecule has 1 amide bonds. The van der Waals surface area contributed by atoms with Gasteiger partial charge in [-0.05, 0) is 35.6 Å². The fraction of sp³-hybridized carbons (Fsp3) is 0.444. The first kappa shape index (κ1) is 13.5. The van der Waals surface area contributed by atoms with Crippen molar-refractivity contribution in [3.05, 3.63) is 19.9 Å². The second kappa shape index (κ2) is 5.70. The van der Waals surface area contributed by atoms with Crippen molar-refractivity contribution in [3.8, 4) is 0 Å². The number of nitrogens with one attached hydrogen (secondary N) is 1. The highest BCUT2D eigenvalue weighted by Gasteiger charge is 2.25. The monoisotopic (exact) mass is 377 g/mol. The lowest BCUT2D eigenvalue weighted by atomic mass is 10.1. The average Bonchev–Trinajstić information content (AvgIpc) is 2.65. The summed E-state index contributed by atoms with van der Waals surface area (Å²) in [6, 6.07) is 1.84. The smallest absolute Gasteiger partial charge is 0.252 e. The van der Waals surface area contributed by atoms with Crippen LogP contribution in [0.2, 0.25) is 0 Å². The van der Waals surface area contributed by atoms with Gasteiger partial charge in [0.1, 0.15) is 0 Å². The number of carbonyl (C=O) groups excluding carboxylic acids is 1. The molecule has 84 valence electrons. The SMILES string of the molecule is CC(CCl)(CCl)NC(=O)c1csc(I)c1. The highest BCUT2D eigenvalue weighted by atomic mass is 127. The number of rotatable bonds is 4. The lowest BCUT2D eigenvalue weighted by Gasteiger charge is -2.25. The number of hydrogen-bond acceptors (Lipinski definition) is 2. The molecule has 6 heteroatoms. The van der Waals surface area contributed by atoms with E-state index in [4.69, 9.17) is 23.2 Å². The van der Waals surface area contributed by atoms with Crippen LogP contribution in [0.4, 0.5) is 0 Å². The van der Waals surface area contributed by atoms with E-state index in [9.17, 15) is 4.79 Å². The van der Waals surface area contributed by atoms with Crippen molar-refractivity contribution in [2.75, 3.05) is 11.8 Å². The van der Waals surface area contributed by atoms with Crippen molar-refractivity contribution in [2.45, 2.75) is 12.5 Å². The minimum atomic E-state index is -0.548. The predicted molar refractivity (Wildman–Crippen MR) is 74.3 cm³/mol. The summed E-state index contributed by atoms with van der Waals surface area (Å²) in [7, 11) is 0. The fourth-order valence-corrected chi connectivity index (χ4v) is 2.62. The minimum Gasteiger partial charge on any atom is -0.344 e. The quantitative estimate of drug-likeness (QED) is 0.632. The Balaban J connectivity index is 2.71. The summed E-state index contributed by atoms with van der Waals surface area (Å²) in [5.74, 6) is 0.463. The molecule has 15 heavy (non-hydrogen) atoms. The number of amides is 1. The summed E-state index contributed by atoms with van der Waals surface area (Å²) in [5, 5.41) is 4.64. The number of alkyl halides is 2. The zero-order valence-electron chi connectivity index (χ0n) is 8.02. The second-order valence-electron chi connectivity index (χ2n) is 3.42. The maximum atomic E-state index is 11.8. The molecule has 0 aromatic carbocycles. The summed E-state index contributed by atoms with van der Waals surface area (Å²) in [4.78, 5) is 11.8. The molecule has 0 saturated heterocycles. The largest absolute Gasteiger partial charge is 0.344 e. The molecule has 0 spiro atoms. The van der Waals surface area contributed by atoms with Crippen molar-refractivity contribution >= 4 is 63.0 Å². The van der Waals surface area contributed by atoms with Crippen LogP contribution in [0, 0.1) is 2.88 Å². The Kier molecular flexibility index (Phi) is 5.15. The topological polar surface area (TPSA) is 29.1 Å². The highest BCUT2D eigenvalue weighted by molar-refractivity contribution is 14.1. The Hall–Kier alpha value is 0.480. The molecule has 1 rings (SSSR count). The summed E-state index contributed by atoms with van der Waals surface area (Å²) in [5.41, 5.74) is 0.110. The van der Waals surface area contributed by atoms with Gasteiger partial charge in [-0.1, -0.05) is 0 Å². The molecule has 1 heterocycles. The van der Waals surface area contributed by atoms with Gasteiger partial charge in [0.15, 0.2) is 0 Å². The van der Waals surface area contributed by atoms with Crippen LogP contribution in [0.5, 0.6) is 0 Å². The second-order valence-corrected chi connectivity index (χ2v) is 6.76. The molecule has 0 aliphatic rings. The Bertz CT molecular complexity index is 352. The van der Waals surface area contributed by atoms with E-state index in [-0.39, 0.29) is 5.91 Å². The Morgan fingerprint density at radius 2 is 2.20 bits per heavy atom. The summed E-state index contributed by atoms with van der Waals surface area (Å²) in [6.45, 7) is 1.82. The van der Waals surface area contributed by atoms with Crippen LogP contribution in [0.25, 0.3) is 0 Å². The first-order valence-corrected chi connectivity index (χ1v) is 7.22. The third kappa shape index (κ3) is 3.76. The zero-order valence-corrected chi connectivity index (χ0v) is 12.5. The van der Waals surface area contributed by atoms with Crippen molar-refractivity contribution in [1.29, 1.82) is 0 Å². The van der Waals surface area contributed by atoms with E-state index in [2.05, 4.69) is 27.9 Å². The van der Waals surface area contributed by atoms with Crippen molar-refractivity contribution in [2.24, 2.45) is 0 Å². The van der Waals surface area contributed by atoms with Gasteiger partial charge in [-0.2, -0.15) is 0 Å². The van der Waals surface area contributed by atoms with Crippen LogP contribution in [-0.2, 0) is 0 Å². The van der Waals surface area contributed by atoms with E-state index in [1.807, 2.05) is 18.4 Å². The standard InChI is InChI=1S/C9H10Cl2INOS/c1-9(4-10,5-11)13-8(14)6-2-7(12)15-3-6/h2-3H,4-5H2,1H3,(H,13,14). The molecule has 2 nitrogen and oxygen atoms in total. The molecule has 0 aliphatic heterocycles. The molecular weight excluding hydrogens is 368 g/mol. The Morgan fingerprint density at radius 1 is 1.60 bits per heavy atom. The van der Waals surface area contributed by atoms with Crippen LogP contribution < -0.4 is 5.32 Å². The van der Waals surface area contributed by atoms with Gasteiger partial charge in [0.2, 0.25) is 0 Å². The van der Waals surface area contributed by atoms with E-state index in [0.29, 0.717) is 17.3 Å². The summed E-state index contributed by atoms with van der Waals surface area (Å²) < 4.78 is 1.08. The lowest BCUT2D eigenvalue weighted by molar-refractivity contribution is 0.0922. The van der Waals surface area contributed by atoms with Crippen LogP contribution >= 0.6 is 57.1 Å². The molecule has 0 fully saturated rings. The van der Waals surface area contributed by atoms with Gasteiger partial charge < -0.3 is 5.32 Å². The molecule has 0 unspecified atom stereocenters. The van der Waals surface area contributed by atoms with Crippen molar-refractivity contribution in [3.63, 3.8) is 0 Å². The fourth-order valence-electron chi connectivity index (χ4n) is 0.878. The molecule has 0 radical (unpaired) electrons. The van der Waals surface area contributed by atoms with E-state index in [0.717, 1.165) is 2.88 Å². The van der Waals surface area contributed by atoms with Crippen LogP contribution in [0.1, 0.15) is 17.3 Å². The number of thiophene rings is 1. The van der Waals surface area contributed by atoms with Gasteiger partial charge in [-0.15, -0.1) is 34.5 Å². The van der Waals surface area contributed by atoms with Gasteiger partial charge in [0.25, 0.3) is 5.91 Å². The first-order chi connectivity index (χ1) is 7.00. The molecule has 0 bridgehead atoms. The average molecular weight is 378 g/mol. The maximum absolute atomic E-state index is 11.8. The molecule has 1 aromatic rings. The number of hydrogen-bond donors (Lipinski definition) is 1. The van der Waals surface area contributed by atoms with Gasteiger partial charge in [-0.25, -0.2) is 0 Å². The molecule has 0 atom stereocenters. The van der Waals surface area contributed by atoms with Gasteiger partial charge in [0.05, 0.1) is 14.0 Å². The Morgan fingerprint density at radius 3 is 2.60 bits per heavy atom. The number of carbonyl (C=O) groups is 1. The van der Waals surface area contributed by atoms with Crippen LogP contribution in [0.15, 0.2) is 11.4 Å². The summed E-state index contributed by atoms with van der Waals surface area (Å²) in [6.07, 6.45) is 0. The van der Waals surface area contributed by atoms with E-state index >= 15 is 0 Å². The van der Waals surface area contributed by atoms with Crippen LogP contribution in [0.3, 0.4) is 0 Å². The van der Waals surface area contributed by atoms with Crippen molar-refractivity contribution in [1.82, 2.24) is 5.32 Å². The minimum absolute atomic E-state index is 0.127. The van der Waals surface area contributed by atoms with E-state index in [1.165, 1.54) is 11.3 Å². The molecule has 1 aromatic heterocycles. The third-order valence-electron chi connectivity index (χ3n) is 1.83. The van der Waals surface area contributed by atoms with Crippen LogP contribution in [-0.4, -0.2) is 23.2 Å². The molecular formula is C9H10Cl2INOS. The van der Waals surface area contributed by atoms with E-state index < -0.39 is 5.54 Å². The van der Waals surface area contributed by atoms with Gasteiger partial charge in [0, 0.05) is 17.1 Å². The van der Waals surface area contributed by atoms with Crippen molar-refractivity contribution < 1.29 is 4.79 Å². The lowest BCUT2D eigenvalue weighted by Crippen LogP contribution is -2.49. The maximum Gasteiger partial charge on any atom is 0.252 e. The number of halogens is 3. The Labute approximate surface area is 116 Å². The van der Waals surface area contributed by atoms with E-state index in [1.54, 1.807) is 0 Å². The van der Waals surface area contributed by atoms with Gasteiger partial charge >= 0.3 is 0 Å². The third-order valence-corrected chi connectivity index (χ3v) is 4.80. The van der Waals surface area contributed by atoms with Gasteiger partial charge in [-0.3, -0.25) is 4.79 Å². The molecule has 0 saturated carbocycles. The first-order valence-electron chi connectivity index (χ1n) is 4.19. The normalized spacial score (nSPS) is 11.5.